The number of esters is 1. The quantitative estimate of drug-likeness (QED) is 0.527. The molecule has 6 heteroatoms. The lowest BCUT2D eigenvalue weighted by molar-refractivity contribution is -0.162. The van der Waals surface area contributed by atoms with E-state index in [1.165, 1.54) is 6.92 Å². The standard InChI is InChI=1S/C13H20O6/c1-5-13(9(4)15,12(18)19-6-2)7-10(8(3)14)11(16)17/h10H,5-7H2,1-4H3,(H,16,17). The molecule has 1 N–H and O–H groups in total. The van der Waals surface area contributed by atoms with Gasteiger partial charge in [-0.2, -0.15) is 0 Å². The minimum Gasteiger partial charge on any atom is -0.481 e. The maximum atomic E-state index is 12.0. The first kappa shape index (κ1) is 17.3. The van der Waals surface area contributed by atoms with Crippen LogP contribution in [0.15, 0.2) is 0 Å². The van der Waals surface area contributed by atoms with E-state index in [2.05, 4.69) is 0 Å². The van der Waals surface area contributed by atoms with Crippen LogP contribution in [0.4, 0.5) is 0 Å². The molecular weight excluding hydrogens is 252 g/mol. The first-order valence-electron chi connectivity index (χ1n) is 6.14. The Kier molecular flexibility index (Phi) is 6.38. The fourth-order valence-electron chi connectivity index (χ4n) is 1.93. The van der Waals surface area contributed by atoms with Gasteiger partial charge in [-0.05, 0) is 33.6 Å². The maximum Gasteiger partial charge on any atom is 0.319 e. The largest absolute Gasteiger partial charge is 0.481 e. The Morgan fingerprint density at radius 2 is 1.68 bits per heavy atom. The van der Waals surface area contributed by atoms with E-state index in [0.29, 0.717) is 0 Å². The van der Waals surface area contributed by atoms with Crippen molar-refractivity contribution in [3.63, 3.8) is 0 Å². The summed E-state index contributed by atoms with van der Waals surface area (Å²) in [6.07, 6.45) is -0.263. The van der Waals surface area contributed by atoms with Crippen molar-refractivity contribution in [3.8, 4) is 0 Å². The van der Waals surface area contributed by atoms with Crippen LogP contribution < -0.4 is 0 Å². The van der Waals surface area contributed by atoms with Crippen molar-refractivity contribution in [3.05, 3.63) is 0 Å². The van der Waals surface area contributed by atoms with E-state index in [1.807, 2.05) is 0 Å². The predicted molar refractivity (Wildman–Crippen MR) is 66.5 cm³/mol. The van der Waals surface area contributed by atoms with Crippen molar-refractivity contribution < 1.29 is 29.0 Å². The lowest BCUT2D eigenvalue weighted by Crippen LogP contribution is -2.43. The summed E-state index contributed by atoms with van der Waals surface area (Å²) in [6.45, 7) is 5.62. The second-order valence-corrected chi connectivity index (χ2v) is 4.42. The van der Waals surface area contributed by atoms with Gasteiger partial charge in [0.2, 0.25) is 0 Å². The SMILES string of the molecule is CCOC(=O)C(CC)(CC(C(C)=O)C(=O)O)C(C)=O. The molecule has 0 saturated carbocycles. The van der Waals surface area contributed by atoms with Gasteiger partial charge in [-0.15, -0.1) is 0 Å². The molecule has 0 aliphatic rings. The second-order valence-electron chi connectivity index (χ2n) is 4.42. The molecule has 0 amide bonds. The summed E-state index contributed by atoms with van der Waals surface area (Å²) in [7, 11) is 0. The summed E-state index contributed by atoms with van der Waals surface area (Å²) in [5.74, 6) is -4.56. The number of carbonyl (C=O) groups excluding carboxylic acids is 3. The van der Waals surface area contributed by atoms with Gasteiger partial charge in [-0.3, -0.25) is 19.2 Å². The molecule has 0 radical (unpaired) electrons. The van der Waals surface area contributed by atoms with Gasteiger partial charge >= 0.3 is 11.9 Å². The highest BCUT2D eigenvalue weighted by Crippen LogP contribution is 2.34. The van der Waals surface area contributed by atoms with Crippen molar-refractivity contribution >= 4 is 23.5 Å². The first-order valence-corrected chi connectivity index (χ1v) is 6.14. The average molecular weight is 272 g/mol. The Morgan fingerprint density at radius 3 is 1.95 bits per heavy atom. The highest BCUT2D eigenvalue weighted by atomic mass is 16.5. The summed E-state index contributed by atoms with van der Waals surface area (Å²) in [5, 5.41) is 9.01. The molecule has 0 aromatic rings. The molecule has 0 rings (SSSR count). The van der Waals surface area contributed by atoms with Gasteiger partial charge in [0.25, 0.3) is 0 Å². The number of carboxylic acids is 1. The van der Waals surface area contributed by atoms with Crippen LogP contribution in [0.3, 0.4) is 0 Å². The van der Waals surface area contributed by atoms with E-state index >= 15 is 0 Å². The van der Waals surface area contributed by atoms with Crippen molar-refractivity contribution in [2.45, 2.75) is 40.5 Å². The lowest BCUT2D eigenvalue weighted by Gasteiger charge is -2.29. The minimum atomic E-state index is -1.56. The van der Waals surface area contributed by atoms with E-state index in [9.17, 15) is 19.2 Å². The van der Waals surface area contributed by atoms with Crippen LogP contribution in [0.2, 0.25) is 0 Å². The number of ketones is 2. The van der Waals surface area contributed by atoms with Gasteiger partial charge in [0.15, 0.2) is 0 Å². The summed E-state index contributed by atoms with van der Waals surface area (Å²) in [6, 6.07) is 0. The molecule has 0 spiro atoms. The molecule has 0 saturated heterocycles. The van der Waals surface area contributed by atoms with Gasteiger partial charge in [-0.1, -0.05) is 6.92 Å². The van der Waals surface area contributed by atoms with Crippen molar-refractivity contribution in [2.24, 2.45) is 11.3 Å². The van der Waals surface area contributed by atoms with Crippen LogP contribution >= 0.6 is 0 Å². The van der Waals surface area contributed by atoms with Crippen LogP contribution in [-0.4, -0.2) is 35.2 Å². The molecule has 19 heavy (non-hydrogen) atoms. The molecule has 0 aromatic heterocycles. The molecule has 2 atom stereocenters. The van der Waals surface area contributed by atoms with Gasteiger partial charge in [0.1, 0.15) is 22.9 Å². The molecule has 0 aliphatic carbocycles. The van der Waals surface area contributed by atoms with Crippen LogP contribution in [0.5, 0.6) is 0 Å². The van der Waals surface area contributed by atoms with Crippen molar-refractivity contribution in [1.82, 2.24) is 0 Å². The summed E-state index contributed by atoms with van der Waals surface area (Å²) in [5.41, 5.74) is -1.56. The van der Waals surface area contributed by atoms with Gasteiger partial charge < -0.3 is 9.84 Å². The number of Topliss-reactive ketones (excluding diaryl/α,β-unsaturated/α-hetero) is 2. The third kappa shape index (κ3) is 3.87. The fourth-order valence-corrected chi connectivity index (χ4v) is 1.93. The lowest BCUT2D eigenvalue weighted by atomic mass is 9.73. The van der Waals surface area contributed by atoms with Crippen LogP contribution in [0, 0.1) is 11.3 Å². The molecule has 0 bridgehead atoms. The molecule has 0 heterocycles. The van der Waals surface area contributed by atoms with Crippen molar-refractivity contribution in [2.75, 3.05) is 6.61 Å². The van der Waals surface area contributed by atoms with E-state index < -0.39 is 34.8 Å². The molecule has 108 valence electrons. The smallest absolute Gasteiger partial charge is 0.319 e. The maximum absolute atomic E-state index is 12.0. The van der Waals surface area contributed by atoms with Crippen molar-refractivity contribution in [1.29, 1.82) is 0 Å². The molecule has 0 aromatic carbocycles. The number of aliphatic carboxylic acids is 1. The Hall–Kier alpha value is -1.72. The highest BCUT2D eigenvalue weighted by molar-refractivity contribution is 6.05. The number of hydrogen-bond acceptors (Lipinski definition) is 5. The number of ether oxygens (including phenoxy) is 1. The molecule has 0 fully saturated rings. The zero-order valence-corrected chi connectivity index (χ0v) is 11.7. The minimum absolute atomic E-state index is 0.0890. The Balaban J connectivity index is 5.48. The van der Waals surface area contributed by atoms with E-state index in [4.69, 9.17) is 9.84 Å². The third-order valence-corrected chi connectivity index (χ3v) is 3.29. The first-order chi connectivity index (χ1) is 8.72. The fraction of sp³-hybridized carbons (Fsp3) is 0.692. The topological polar surface area (TPSA) is 97.7 Å². The number of hydrogen-bond donors (Lipinski definition) is 1. The third-order valence-electron chi connectivity index (χ3n) is 3.29. The van der Waals surface area contributed by atoms with Crippen LogP contribution in [0.25, 0.3) is 0 Å². The average Bonchev–Trinajstić information content (AvgIpc) is 2.29. The van der Waals surface area contributed by atoms with Gasteiger partial charge in [-0.25, -0.2) is 0 Å². The summed E-state index contributed by atoms with van der Waals surface area (Å²) < 4.78 is 4.86. The van der Waals surface area contributed by atoms with Crippen LogP contribution in [-0.2, 0) is 23.9 Å². The van der Waals surface area contributed by atoms with Crippen LogP contribution in [0.1, 0.15) is 40.5 Å². The second kappa shape index (κ2) is 7.01. The summed E-state index contributed by atoms with van der Waals surface area (Å²) >= 11 is 0. The molecule has 6 nitrogen and oxygen atoms in total. The number of carboxylic acid groups (broad SMARTS) is 1. The highest BCUT2D eigenvalue weighted by Gasteiger charge is 2.47. The van der Waals surface area contributed by atoms with E-state index in [-0.39, 0.29) is 19.4 Å². The number of rotatable bonds is 8. The molecule has 2 unspecified atom stereocenters. The Morgan fingerprint density at radius 1 is 1.16 bits per heavy atom. The summed E-state index contributed by atoms with van der Waals surface area (Å²) in [4.78, 5) is 46.2. The zero-order valence-electron chi connectivity index (χ0n) is 11.7. The number of carbonyl (C=O) groups is 4. The van der Waals surface area contributed by atoms with Gasteiger partial charge in [0.05, 0.1) is 6.61 Å². The molecular formula is C13H20O6. The molecule has 0 aliphatic heterocycles. The zero-order chi connectivity index (χ0) is 15.2. The monoisotopic (exact) mass is 272 g/mol. The van der Waals surface area contributed by atoms with E-state index in [0.717, 1.165) is 6.92 Å². The normalized spacial score (nSPS) is 15.2. The Bertz CT molecular complexity index is 373. The van der Waals surface area contributed by atoms with E-state index in [1.54, 1.807) is 13.8 Å². The Labute approximate surface area is 112 Å². The predicted octanol–water partition coefficient (Wildman–Crippen LogP) is 1.21. The van der Waals surface area contributed by atoms with Gasteiger partial charge in [0, 0.05) is 0 Å².